The van der Waals surface area contributed by atoms with Crippen LogP contribution < -0.4 is 0 Å². The van der Waals surface area contributed by atoms with Gasteiger partial charge in [-0.05, 0) is 22.3 Å². The van der Waals surface area contributed by atoms with Gasteiger partial charge < -0.3 is 4.74 Å². The number of carbonyl (C=O) groups excluding carboxylic acids is 2. The maximum Gasteiger partial charge on any atom is 0.325 e. The van der Waals surface area contributed by atoms with Crippen LogP contribution in [0.15, 0.2) is 121 Å². The number of hydrogen-bond donors (Lipinski definition) is 0. The van der Waals surface area contributed by atoms with Gasteiger partial charge in [0.05, 0.1) is 0 Å². The van der Waals surface area contributed by atoms with E-state index in [0.717, 1.165) is 22.3 Å². The van der Waals surface area contributed by atoms with Crippen molar-refractivity contribution in [3.63, 3.8) is 0 Å². The lowest BCUT2D eigenvalue weighted by molar-refractivity contribution is -0.160. The monoisotopic (exact) mass is 406 g/mol. The summed E-state index contributed by atoms with van der Waals surface area (Å²) in [5.41, 5.74) is 3.12. The van der Waals surface area contributed by atoms with E-state index in [2.05, 4.69) is 0 Å². The van der Waals surface area contributed by atoms with E-state index >= 15 is 0 Å². The molecule has 0 aliphatic carbocycles. The maximum atomic E-state index is 13.3. The minimum absolute atomic E-state index is 0.584. The van der Waals surface area contributed by atoms with Crippen molar-refractivity contribution in [2.45, 2.75) is 11.8 Å². The van der Waals surface area contributed by atoms with Gasteiger partial charge in [0.2, 0.25) is 0 Å². The average Bonchev–Trinajstić information content (AvgIpc) is 2.82. The van der Waals surface area contributed by atoms with E-state index in [1.165, 1.54) is 0 Å². The highest BCUT2D eigenvalue weighted by Crippen LogP contribution is 2.30. The van der Waals surface area contributed by atoms with Gasteiger partial charge in [0.25, 0.3) is 0 Å². The first-order valence-corrected chi connectivity index (χ1v) is 10.2. The summed E-state index contributed by atoms with van der Waals surface area (Å²) in [4.78, 5) is 26.6. The molecular weight excluding hydrogens is 384 g/mol. The second kappa shape index (κ2) is 9.68. The molecule has 4 rings (SSSR count). The molecule has 0 bridgehead atoms. The van der Waals surface area contributed by atoms with E-state index in [-0.39, 0.29) is 0 Å². The van der Waals surface area contributed by atoms with Crippen molar-refractivity contribution < 1.29 is 14.3 Å². The first-order valence-electron chi connectivity index (χ1n) is 10.2. The van der Waals surface area contributed by atoms with E-state index in [1.807, 2.05) is 121 Å². The predicted molar refractivity (Wildman–Crippen MR) is 121 cm³/mol. The minimum atomic E-state index is -0.682. The van der Waals surface area contributed by atoms with Crippen LogP contribution in [-0.4, -0.2) is 11.9 Å². The summed E-state index contributed by atoms with van der Waals surface area (Å²) in [7, 11) is 0. The maximum absolute atomic E-state index is 13.3. The van der Waals surface area contributed by atoms with Crippen molar-refractivity contribution in [2.75, 3.05) is 0 Å². The van der Waals surface area contributed by atoms with E-state index in [4.69, 9.17) is 4.74 Å². The molecule has 0 saturated heterocycles. The molecule has 0 atom stereocenters. The fourth-order valence-corrected chi connectivity index (χ4v) is 3.73. The number of esters is 2. The van der Waals surface area contributed by atoms with Gasteiger partial charge in [-0.25, -0.2) is 0 Å². The minimum Gasteiger partial charge on any atom is -0.392 e. The molecular formula is C28H22O3. The molecule has 4 aromatic carbocycles. The highest BCUT2D eigenvalue weighted by molar-refractivity contribution is 5.95. The Morgan fingerprint density at radius 2 is 0.645 bits per heavy atom. The van der Waals surface area contributed by atoms with Crippen LogP contribution in [0.4, 0.5) is 0 Å². The fraction of sp³-hybridized carbons (Fsp3) is 0.0714. The summed E-state index contributed by atoms with van der Waals surface area (Å²) in [5.74, 6) is -2.53. The number of carbonyl (C=O) groups is 2. The van der Waals surface area contributed by atoms with Crippen molar-refractivity contribution in [3.8, 4) is 0 Å². The Morgan fingerprint density at radius 1 is 0.419 bits per heavy atom. The Morgan fingerprint density at radius 3 is 0.871 bits per heavy atom. The first kappa shape index (κ1) is 20.3. The lowest BCUT2D eigenvalue weighted by Gasteiger charge is -2.20. The van der Waals surface area contributed by atoms with Crippen LogP contribution in [0.25, 0.3) is 0 Å². The standard InChI is InChI=1S/C28H22O3/c29-27(25(21-13-5-1-6-14-21)22-15-7-2-8-16-22)31-28(30)26(23-17-9-3-10-18-23)24-19-11-4-12-20-24/h1-20,25-26H. The molecule has 0 radical (unpaired) electrons. The van der Waals surface area contributed by atoms with Gasteiger partial charge >= 0.3 is 11.9 Å². The summed E-state index contributed by atoms with van der Waals surface area (Å²) in [5, 5.41) is 0. The molecule has 0 aliphatic heterocycles. The van der Waals surface area contributed by atoms with Crippen molar-refractivity contribution >= 4 is 11.9 Å². The Labute approximate surface area is 181 Å². The quantitative estimate of drug-likeness (QED) is 0.304. The zero-order valence-corrected chi connectivity index (χ0v) is 16.9. The van der Waals surface area contributed by atoms with Crippen LogP contribution in [0.5, 0.6) is 0 Å². The molecule has 0 fully saturated rings. The molecule has 0 spiro atoms. The smallest absolute Gasteiger partial charge is 0.325 e. The van der Waals surface area contributed by atoms with Crippen molar-refractivity contribution in [1.29, 1.82) is 0 Å². The van der Waals surface area contributed by atoms with Crippen LogP contribution in [-0.2, 0) is 14.3 Å². The molecule has 0 unspecified atom stereocenters. The largest absolute Gasteiger partial charge is 0.392 e. The van der Waals surface area contributed by atoms with Crippen LogP contribution in [0.3, 0.4) is 0 Å². The normalized spacial score (nSPS) is 10.8. The Bertz CT molecular complexity index is 952. The third-order valence-electron chi connectivity index (χ3n) is 5.20. The number of hydrogen-bond acceptors (Lipinski definition) is 3. The Hall–Kier alpha value is -3.98. The lowest BCUT2D eigenvalue weighted by atomic mass is 9.90. The lowest BCUT2D eigenvalue weighted by Crippen LogP contribution is -2.25. The van der Waals surface area contributed by atoms with Crippen molar-refractivity contribution in [3.05, 3.63) is 144 Å². The molecule has 31 heavy (non-hydrogen) atoms. The van der Waals surface area contributed by atoms with E-state index in [0.29, 0.717) is 0 Å². The fourth-order valence-electron chi connectivity index (χ4n) is 3.73. The summed E-state index contributed by atoms with van der Waals surface area (Å²) >= 11 is 0. The van der Waals surface area contributed by atoms with Gasteiger partial charge in [0, 0.05) is 0 Å². The third kappa shape index (κ3) is 4.78. The third-order valence-corrected chi connectivity index (χ3v) is 5.20. The molecule has 0 amide bonds. The topological polar surface area (TPSA) is 43.4 Å². The molecule has 3 nitrogen and oxygen atoms in total. The van der Waals surface area contributed by atoms with Crippen LogP contribution >= 0.6 is 0 Å². The van der Waals surface area contributed by atoms with Crippen LogP contribution in [0.2, 0.25) is 0 Å². The average molecular weight is 406 g/mol. The second-order valence-electron chi connectivity index (χ2n) is 7.25. The highest BCUT2D eigenvalue weighted by Gasteiger charge is 2.31. The number of benzene rings is 4. The van der Waals surface area contributed by atoms with E-state index in [9.17, 15) is 9.59 Å². The summed E-state index contributed by atoms with van der Waals surface area (Å²) < 4.78 is 5.51. The summed E-state index contributed by atoms with van der Waals surface area (Å²) in [6.07, 6.45) is 0. The van der Waals surface area contributed by atoms with E-state index < -0.39 is 23.8 Å². The van der Waals surface area contributed by atoms with Crippen LogP contribution in [0, 0.1) is 0 Å². The summed E-state index contributed by atoms with van der Waals surface area (Å²) in [6, 6.07) is 37.5. The zero-order valence-electron chi connectivity index (χ0n) is 16.9. The number of rotatable bonds is 6. The van der Waals surface area contributed by atoms with Crippen LogP contribution in [0.1, 0.15) is 34.1 Å². The molecule has 3 heteroatoms. The molecule has 152 valence electrons. The van der Waals surface area contributed by atoms with Gasteiger partial charge in [0.15, 0.2) is 0 Å². The molecule has 0 heterocycles. The van der Waals surface area contributed by atoms with Gasteiger partial charge in [-0.15, -0.1) is 0 Å². The van der Waals surface area contributed by atoms with Gasteiger partial charge in [-0.1, -0.05) is 121 Å². The highest BCUT2D eigenvalue weighted by atomic mass is 16.6. The number of ether oxygens (including phenoxy) is 1. The molecule has 4 aromatic rings. The van der Waals surface area contributed by atoms with Crippen molar-refractivity contribution in [1.82, 2.24) is 0 Å². The SMILES string of the molecule is O=C(OC(=O)C(c1ccccc1)c1ccccc1)C(c1ccccc1)c1ccccc1. The molecule has 0 aromatic heterocycles. The predicted octanol–water partition coefficient (Wildman–Crippen LogP) is 5.72. The van der Waals surface area contributed by atoms with E-state index in [1.54, 1.807) is 0 Å². The zero-order chi connectivity index (χ0) is 21.5. The Balaban J connectivity index is 1.66. The van der Waals surface area contributed by atoms with Gasteiger partial charge in [-0.2, -0.15) is 0 Å². The Kier molecular flexibility index (Phi) is 6.34. The molecule has 0 saturated carbocycles. The first-order chi connectivity index (χ1) is 15.2. The molecule has 0 N–H and O–H groups in total. The van der Waals surface area contributed by atoms with Gasteiger partial charge in [0.1, 0.15) is 11.8 Å². The summed E-state index contributed by atoms with van der Waals surface area (Å²) in [6.45, 7) is 0. The second-order valence-corrected chi connectivity index (χ2v) is 7.25. The van der Waals surface area contributed by atoms with Crippen molar-refractivity contribution in [2.24, 2.45) is 0 Å². The van der Waals surface area contributed by atoms with Gasteiger partial charge in [-0.3, -0.25) is 9.59 Å². The molecule has 0 aliphatic rings.